The maximum absolute atomic E-state index is 8.70. The van der Waals surface area contributed by atoms with Crippen LogP contribution in [0.4, 0.5) is 17.3 Å². The lowest BCUT2D eigenvalue weighted by molar-refractivity contribution is 0.747. The van der Waals surface area contributed by atoms with Crippen LogP contribution in [0.2, 0.25) is 0 Å². The lowest BCUT2D eigenvalue weighted by Gasteiger charge is -2.10. The maximum Gasteiger partial charge on any atom is 0.158 e. The van der Waals surface area contributed by atoms with Crippen LogP contribution in [0.1, 0.15) is 17.8 Å². The van der Waals surface area contributed by atoms with Gasteiger partial charge < -0.3 is 16.0 Å². The Kier molecular flexibility index (Phi) is 5.57. The minimum atomic E-state index is 0.271. The lowest BCUT2D eigenvalue weighted by Crippen LogP contribution is -2.13. The van der Waals surface area contributed by atoms with Crippen LogP contribution < -0.4 is 16.0 Å². The Morgan fingerprint density at radius 1 is 1.14 bits per heavy atom. The molecule has 114 valence electrons. The number of anilines is 3. The van der Waals surface area contributed by atoms with Crippen molar-refractivity contribution in [3.05, 3.63) is 29.8 Å². The summed E-state index contributed by atoms with van der Waals surface area (Å²) in [5.74, 6) is 1.08. The van der Waals surface area contributed by atoms with Gasteiger partial charge in [-0.1, -0.05) is 0 Å². The van der Waals surface area contributed by atoms with Gasteiger partial charge in [0.2, 0.25) is 0 Å². The number of nitrogens with one attached hydrogen (secondary N) is 3. The molecule has 0 radical (unpaired) electrons. The van der Waals surface area contributed by atoms with E-state index in [0.29, 0.717) is 11.6 Å². The molecule has 0 saturated heterocycles. The van der Waals surface area contributed by atoms with Gasteiger partial charge in [-0.05, 0) is 26.9 Å². The van der Waals surface area contributed by atoms with Crippen LogP contribution in [-0.4, -0.2) is 40.3 Å². The number of hydrogen-bond donors (Lipinski definition) is 3. The van der Waals surface area contributed by atoms with Crippen molar-refractivity contribution in [2.75, 3.05) is 30.8 Å². The number of aromatic nitrogens is 4. The van der Waals surface area contributed by atoms with Crippen LogP contribution >= 0.6 is 0 Å². The van der Waals surface area contributed by atoms with Gasteiger partial charge in [0.25, 0.3) is 0 Å². The van der Waals surface area contributed by atoms with Crippen molar-refractivity contribution >= 4 is 17.3 Å². The molecule has 0 amide bonds. The molecule has 3 N–H and O–H groups in total. The molecule has 2 heterocycles. The Labute approximate surface area is 129 Å². The van der Waals surface area contributed by atoms with Crippen LogP contribution in [0, 0.1) is 18.3 Å². The summed E-state index contributed by atoms with van der Waals surface area (Å²) >= 11 is 0. The molecule has 0 bridgehead atoms. The number of rotatable bonds is 7. The molecule has 0 aliphatic heterocycles. The first kappa shape index (κ1) is 15.6. The molecule has 8 heteroatoms. The minimum absolute atomic E-state index is 0.271. The zero-order chi connectivity index (χ0) is 15.8. The Morgan fingerprint density at radius 3 is 2.68 bits per heavy atom. The van der Waals surface area contributed by atoms with E-state index in [1.165, 1.54) is 12.4 Å². The molecule has 0 fully saturated rings. The summed E-state index contributed by atoms with van der Waals surface area (Å²) in [7, 11) is 1.93. The number of nitrogens with zero attached hydrogens (tertiary/aromatic N) is 5. The molecule has 0 aromatic carbocycles. The first-order chi connectivity index (χ1) is 10.7. The second kappa shape index (κ2) is 7.85. The van der Waals surface area contributed by atoms with E-state index in [1.54, 1.807) is 0 Å². The molecule has 2 aromatic rings. The Bertz CT molecular complexity index is 647. The van der Waals surface area contributed by atoms with Crippen LogP contribution in [0.15, 0.2) is 18.5 Å². The highest BCUT2D eigenvalue weighted by atomic mass is 15.2. The van der Waals surface area contributed by atoms with E-state index in [0.717, 1.165) is 30.9 Å². The topological polar surface area (TPSA) is 111 Å². The quantitative estimate of drug-likeness (QED) is 0.654. The van der Waals surface area contributed by atoms with Crippen molar-refractivity contribution in [2.45, 2.75) is 13.3 Å². The van der Waals surface area contributed by atoms with Gasteiger partial charge in [0, 0.05) is 12.6 Å². The van der Waals surface area contributed by atoms with Crippen LogP contribution in [0.25, 0.3) is 0 Å². The molecule has 0 saturated carbocycles. The third kappa shape index (κ3) is 4.36. The van der Waals surface area contributed by atoms with E-state index in [-0.39, 0.29) is 5.69 Å². The zero-order valence-electron chi connectivity index (χ0n) is 12.6. The highest BCUT2D eigenvalue weighted by Crippen LogP contribution is 2.17. The third-order valence-corrected chi connectivity index (χ3v) is 2.92. The largest absolute Gasteiger partial charge is 0.383 e. The van der Waals surface area contributed by atoms with E-state index in [4.69, 9.17) is 5.26 Å². The summed E-state index contributed by atoms with van der Waals surface area (Å²) in [4.78, 5) is 8.04. The summed E-state index contributed by atoms with van der Waals surface area (Å²) < 4.78 is 0. The van der Waals surface area contributed by atoms with Gasteiger partial charge in [0.05, 0.1) is 23.8 Å². The third-order valence-electron chi connectivity index (χ3n) is 2.92. The molecule has 2 aromatic heterocycles. The van der Waals surface area contributed by atoms with Crippen molar-refractivity contribution in [1.82, 2.24) is 25.5 Å². The molecular weight excluding hydrogens is 280 g/mol. The summed E-state index contributed by atoms with van der Waals surface area (Å²) in [6, 6.07) is 3.80. The average molecular weight is 298 g/mol. The fraction of sp³-hybridized carbons (Fsp3) is 0.357. The molecule has 8 nitrogen and oxygen atoms in total. The van der Waals surface area contributed by atoms with Gasteiger partial charge in [-0.3, -0.25) is 0 Å². The van der Waals surface area contributed by atoms with E-state index >= 15 is 0 Å². The molecule has 0 unspecified atom stereocenters. The molecule has 22 heavy (non-hydrogen) atoms. The number of aryl methyl sites for hydroxylation is 1. The summed E-state index contributed by atoms with van der Waals surface area (Å²) in [6.45, 7) is 3.71. The van der Waals surface area contributed by atoms with Crippen molar-refractivity contribution in [3.63, 3.8) is 0 Å². The van der Waals surface area contributed by atoms with Crippen molar-refractivity contribution in [3.8, 4) is 6.07 Å². The monoisotopic (exact) mass is 298 g/mol. The van der Waals surface area contributed by atoms with Gasteiger partial charge in [-0.25, -0.2) is 9.97 Å². The van der Waals surface area contributed by atoms with Crippen molar-refractivity contribution in [2.24, 2.45) is 0 Å². The molecule has 2 rings (SSSR count). The number of hydrogen-bond acceptors (Lipinski definition) is 8. The fourth-order valence-corrected chi connectivity index (χ4v) is 1.76. The first-order valence-electron chi connectivity index (χ1n) is 6.95. The van der Waals surface area contributed by atoms with Gasteiger partial charge in [-0.15, -0.1) is 5.10 Å². The number of nitriles is 1. The SMILES string of the molecule is CNCCCNc1cc(Nc2cnc(C#N)cn2)nnc1C. The predicted octanol–water partition coefficient (Wildman–Crippen LogP) is 1.21. The average Bonchev–Trinajstić information content (AvgIpc) is 2.55. The van der Waals surface area contributed by atoms with E-state index in [2.05, 4.69) is 36.1 Å². The van der Waals surface area contributed by atoms with E-state index in [9.17, 15) is 0 Å². The van der Waals surface area contributed by atoms with Crippen molar-refractivity contribution < 1.29 is 0 Å². The van der Waals surface area contributed by atoms with Gasteiger partial charge >= 0.3 is 0 Å². The summed E-state index contributed by atoms with van der Waals surface area (Å²) in [5, 5.41) is 26.3. The Morgan fingerprint density at radius 2 is 2.00 bits per heavy atom. The fourth-order valence-electron chi connectivity index (χ4n) is 1.76. The smallest absolute Gasteiger partial charge is 0.158 e. The first-order valence-corrected chi connectivity index (χ1v) is 6.95. The molecule has 0 spiro atoms. The molecule has 0 aliphatic carbocycles. The summed E-state index contributed by atoms with van der Waals surface area (Å²) in [6.07, 6.45) is 3.91. The Hall–Kier alpha value is -2.79. The van der Waals surface area contributed by atoms with Crippen LogP contribution in [0.3, 0.4) is 0 Å². The van der Waals surface area contributed by atoms with Gasteiger partial charge in [-0.2, -0.15) is 10.4 Å². The minimum Gasteiger partial charge on any atom is -0.383 e. The standard InChI is InChI=1S/C14H18N8/c1-10-12(17-5-3-4-16-2)6-13(22-21-10)20-14-9-18-11(7-15)8-19-14/h6,8-9,16H,3-5H2,1-2H3,(H2,17,19,20,22). The molecular formula is C14H18N8. The van der Waals surface area contributed by atoms with Crippen LogP contribution in [-0.2, 0) is 0 Å². The van der Waals surface area contributed by atoms with Crippen LogP contribution in [0.5, 0.6) is 0 Å². The summed E-state index contributed by atoms with van der Waals surface area (Å²) in [5.41, 5.74) is 2.03. The second-order valence-electron chi connectivity index (χ2n) is 4.64. The van der Waals surface area contributed by atoms with Gasteiger partial charge in [0.15, 0.2) is 11.5 Å². The highest BCUT2D eigenvalue weighted by Gasteiger charge is 2.05. The Balaban J connectivity index is 2.03. The maximum atomic E-state index is 8.70. The predicted molar refractivity (Wildman–Crippen MR) is 83.8 cm³/mol. The lowest BCUT2D eigenvalue weighted by atomic mass is 10.3. The second-order valence-corrected chi connectivity index (χ2v) is 4.64. The van der Waals surface area contributed by atoms with E-state index < -0.39 is 0 Å². The normalized spacial score (nSPS) is 10.0. The molecule has 0 aliphatic rings. The zero-order valence-corrected chi connectivity index (χ0v) is 12.6. The molecule has 0 atom stereocenters. The van der Waals surface area contributed by atoms with Crippen molar-refractivity contribution in [1.29, 1.82) is 5.26 Å². The van der Waals surface area contributed by atoms with Gasteiger partial charge in [0.1, 0.15) is 11.9 Å². The van der Waals surface area contributed by atoms with E-state index in [1.807, 2.05) is 26.1 Å². The highest BCUT2D eigenvalue weighted by molar-refractivity contribution is 5.59.